The first kappa shape index (κ1) is 33.7. The highest BCUT2D eigenvalue weighted by Crippen LogP contribution is 2.40. The van der Waals surface area contributed by atoms with Crippen molar-refractivity contribution in [3.63, 3.8) is 0 Å². The highest BCUT2D eigenvalue weighted by Gasteiger charge is 2.22. The number of nitrogens with one attached hydrogen (secondary N) is 2. The SMILES string of the molecule is COc1ccc(-c2c3nc(c(-c4c(C)cc(C)cc4C)c4ccc(cc5nc(c(-c6c(C)cc(C)cc6C)c6ccc2[nH]6)C=C5)[nH]4)C=C3)c(C(=O)O)c1. The summed E-state index contributed by atoms with van der Waals surface area (Å²) in [5.41, 5.74) is 18.9. The van der Waals surface area contributed by atoms with Crippen molar-refractivity contribution in [2.75, 3.05) is 7.11 Å². The topological polar surface area (TPSA) is 104 Å². The van der Waals surface area contributed by atoms with E-state index in [4.69, 9.17) is 14.7 Å². The predicted molar refractivity (Wildman–Crippen MR) is 217 cm³/mol. The van der Waals surface area contributed by atoms with Crippen molar-refractivity contribution < 1.29 is 14.6 Å². The molecule has 2 aliphatic heterocycles. The van der Waals surface area contributed by atoms with Crippen molar-refractivity contribution in [2.45, 2.75) is 41.5 Å². The van der Waals surface area contributed by atoms with E-state index >= 15 is 0 Å². The Kier molecular flexibility index (Phi) is 8.22. The maximum atomic E-state index is 12.9. The molecule has 8 bridgehead atoms. The average Bonchev–Trinajstić information content (AvgIpc) is 3.94. The second-order valence-corrected chi connectivity index (χ2v) is 14.1. The summed E-state index contributed by atoms with van der Waals surface area (Å²) in [6, 6.07) is 24.3. The molecule has 0 saturated heterocycles. The standard InChI is InChI=1S/C46H40N4O3/c1-24-18-26(3)41(27(4)19-24)44-37-12-8-30(47-37)22-31-9-13-38(48-31)45(42-28(5)20-25(2)21-29(42)6)40-17-15-36(50-40)43(35-14-16-39(44)49-35)33-11-10-32(53-7)23-34(33)46(51)52/h8-23,47,50H,1-7H3,(H,51,52). The van der Waals surface area contributed by atoms with Gasteiger partial charge >= 0.3 is 5.97 Å². The van der Waals surface area contributed by atoms with Crippen LogP contribution in [0.1, 0.15) is 66.5 Å². The maximum Gasteiger partial charge on any atom is 0.336 e. The minimum absolute atomic E-state index is 0.116. The number of ether oxygens (including phenoxy) is 1. The van der Waals surface area contributed by atoms with Crippen LogP contribution in [0.25, 0.3) is 79.8 Å². The number of aromatic amines is 2. The van der Waals surface area contributed by atoms with Crippen LogP contribution in [0.3, 0.4) is 0 Å². The molecule has 0 radical (unpaired) electrons. The van der Waals surface area contributed by atoms with Gasteiger partial charge < -0.3 is 19.8 Å². The second kappa shape index (κ2) is 12.9. The molecule has 7 nitrogen and oxygen atoms in total. The van der Waals surface area contributed by atoms with Gasteiger partial charge in [0.15, 0.2) is 0 Å². The van der Waals surface area contributed by atoms with Gasteiger partial charge in [0, 0.05) is 44.3 Å². The highest BCUT2D eigenvalue weighted by atomic mass is 16.5. The lowest BCUT2D eigenvalue weighted by Crippen LogP contribution is -2.01. The summed E-state index contributed by atoms with van der Waals surface area (Å²) in [6.07, 6.45) is 8.13. The Balaban J connectivity index is 1.58. The van der Waals surface area contributed by atoms with Crippen LogP contribution < -0.4 is 4.74 Å². The third-order valence-corrected chi connectivity index (χ3v) is 10.2. The fraction of sp³-hybridized carbons (Fsp3) is 0.152. The zero-order valence-corrected chi connectivity index (χ0v) is 30.9. The fourth-order valence-electron chi connectivity index (χ4n) is 8.14. The van der Waals surface area contributed by atoms with Crippen LogP contribution >= 0.6 is 0 Å². The Morgan fingerprint density at radius 2 is 1.08 bits per heavy atom. The quantitative estimate of drug-likeness (QED) is 0.166. The molecule has 0 atom stereocenters. The van der Waals surface area contributed by atoms with E-state index in [1.54, 1.807) is 18.2 Å². The van der Waals surface area contributed by atoms with Gasteiger partial charge in [0.1, 0.15) is 5.75 Å². The zero-order chi connectivity index (χ0) is 37.1. The molecule has 0 fully saturated rings. The van der Waals surface area contributed by atoms with E-state index in [1.807, 2.05) is 24.3 Å². The molecule has 8 rings (SSSR count). The van der Waals surface area contributed by atoms with Crippen molar-refractivity contribution >= 4 is 52.3 Å². The van der Waals surface area contributed by atoms with Crippen molar-refractivity contribution in [1.29, 1.82) is 0 Å². The summed E-state index contributed by atoms with van der Waals surface area (Å²) in [5.74, 6) is -0.597. The zero-order valence-electron chi connectivity index (χ0n) is 30.9. The molecule has 0 aliphatic carbocycles. The van der Waals surface area contributed by atoms with Crippen molar-refractivity contribution in [1.82, 2.24) is 19.9 Å². The van der Waals surface area contributed by atoms with E-state index < -0.39 is 5.97 Å². The first-order chi connectivity index (χ1) is 25.5. The Bertz CT molecular complexity index is 2660. The molecule has 3 N–H and O–H groups in total. The van der Waals surface area contributed by atoms with Crippen molar-refractivity contribution in [3.05, 3.63) is 135 Å². The molecular formula is C46H40N4O3. The Labute approximate surface area is 308 Å². The van der Waals surface area contributed by atoms with Gasteiger partial charge in [-0.2, -0.15) is 0 Å². The third-order valence-electron chi connectivity index (χ3n) is 10.2. The van der Waals surface area contributed by atoms with E-state index in [0.717, 1.165) is 83.7 Å². The van der Waals surface area contributed by atoms with Crippen LogP contribution in [-0.4, -0.2) is 38.1 Å². The minimum Gasteiger partial charge on any atom is -0.497 e. The number of carboxylic acids is 1. The summed E-state index contributed by atoms with van der Waals surface area (Å²) in [4.78, 5) is 30.8. The van der Waals surface area contributed by atoms with Gasteiger partial charge in [0.05, 0.1) is 35.4 Å². The molecule has 3 aromatic heterocycles. The average molecular weight is 697 g/mol. The minimum atomic E-state index is -1.06. The first-order valence-corrected chi connectivity index (χ1v) is 17.7. The molecular weight excluding hydrogens is 657 g/mol. The number of hydrogen-bond donors (Lipinski definition) is 3. The number of hydrogen-bond acceptors (Lipinski definition) is 4. The number of methoxy groups -OCH3 is 1. The van der Waals surface area contributed by atoms with Crippen LogP contribution in [0.5, 0.6) is 5.75 Å². The maximum absolute atomic E-state index is 12.9. The molecule has 262 valence electrons. The Morgan fingerprint density at radius 3 is 1.66 bits per heavy atom. The van der Waals surface area contributed by atoms with Crippen LogP contribution in [0.2, 0.25) is 0 Å². The van der Waals surface area contributed by atoms with E-state index in [1.165, 1.54) is 18.2 Å². The van der Waals surface area contributed by atoms with E-state index in [-0.39, 0.29) is 5.56 Å². The van der Waals surface area contributed by atoms with Crippen LogP contribution in [0.15, 0.2) is 72.8 Å². The Hall–Kier alpha value is -6.47. The second-order valence-electron chi connectivity index (χ2n) is 14.1. The third kappa shape index (κ3) is 5.94. The molecule has 0 saturated carbocycles. The van der Waals surface area contributed by atoms with Gasteiger partial charge in [0.2, 0.25) is 0 Å². The molecule has 7 heteroatoms. The number of rotatable bonds is 5. The van der Waals surface area contributed by atoms with Crippen molar-refractivity contribution in [3.8, 4) is 39.1 Å². The molecule has 0 spiro atoms. The number of fused-ring (bicyclic) bond motifs is 8. The number of aryl methyl sites for hydroxylation is 6. The number of H-pyrrole nitrogens is 2. The fourth-order valence-corrected chi connectivity index (χ4v) is 8.14. The molecule has 3 aromatic carbocycles. The van der Waals surface area contributed by atoms with E-state index in [9.17, 15) is 9.90 Å². The summed E-state index contributed by atoms with van der Waals surface area (Å²) < 4.78 is 5.46. The smallest absolute Gasteiger partial charge is 0.336 e. The first-order valence-electron chi connectivity index (χ1n) is 17.7. The number of benzene rings is 3. The predicted octanol–water partition coefficient (Wildman–Crippen LogP) is 11.2. The number of aromatic nitrogens is 4. The monoisotopic (exact) mass is 696 g/mol. The van der Waals surface area contributed by atoms with Crippen LogP contribution in [0.4, 0.5) is 0 Å². The van der Waals surface area contributed by atoms with Gasteiger partial charge in [-0.1, -0.05) is 35.4 Å². The number of nitrogens with zero attached hydrogens (tertiary/aromatic N) is 2. The van der Waals surface area contributed by atoms with E-state index in [2.05, 4.69) is 106 Å². The number of carboxylic acid groups (broad SMARTS) is 1. The van der Waals surface area contributed by atoms with E-state index in [0.29, 0.717) is 22.6 Å². The number of aromatic carboxylic acids is 1. The largest absolute Gasteiger partial charge is 0.497 e. The molecule has 5 heterocycles. The molecule has 2 aliphatic rings. The summed E-state index contributed by atoms with van der Waals surface area (Å²) in [7, 11) is 1.54. The summed E-state index contributed by atoms with van der Waals surface area (Å²) >= 11 is 0. The lowest BCUT2D eigenvalue weighted by Gasteiger charge is -2.13. The van der Waals surface area contributed by atoms with Crippen molar-refractivity contribution in [2.24, 2.45) is 0 Å². The summed E-state index contributed by atoms with van der Waals surface area (Å²) in [6.45, 7) is 12.8. The van der Waals surface area contributed by atoms with Gasteiger partial charge in [-0.05, 0) is 148 Å². The van der Waals surface area contributed by atoms with Gasteiger partial charge in [-0.3, -0.25) is 0 Å². The van der Waals surface area contributed by atoms with Crippen LogP contribution in [0, 0.1) is 41.5 Å². The van der Waals surface area contributed by atoms with Crippen LogP contribution in [-0.2, 0) is 0 Å². The van der Waals surface area contributed by atoms with Gasteiger partial charge in [-0.15, -0.1) is 0 Å². The molecule has 0 amide bonds. The Morgan fingerprint density at radius 1 is 0.566 bits per heavy atom. The molecule has 53 heavy (non-hydrogen) atoms. The van der Waals surface area contributed by atoms with Gasteiger partial charge in [0.25, 0.3) is 0 Å². The number of carbonyl (C=O) groups is 1. The molecule has 6 aromatic rings. The highest BCUT2D eigenvalue weighted by molar-refractivity contribution is 6.04. The van der Waals surface area contributed by atoms with Gasteiger partial charge in [-0.25, -0.2) is 14.8 Å². The lowest BCUT2D eigenvalue weighted by molar-refractivity contribution is 0.0697. The lowest BCUT2D eigenvalue weighted by atomic mass is 9.92. The summed E-state index contributed by atoms with van der Waals surface area (Å²) in [5, 5.41) is 10.5. The molecule has 0 unspecified atom stereocenters. The normalized spacial score (nSPS) is 12.1.